The number of carbonyl (C=O) groups is 2. The summed E-state index contributed by atoms with van der Waals surface area (Å²) in [6.07, 6.45) is -0.284. The molecule has 0 saturated carbocycles. The number of ether oxygens (including phenoxy) is 1. The molecule has 40 heavy (non-hydrogen) atoms. The van der Waals surface area contributed by atoms with E-state index in [0.717, 1.165) is 16.0 Å². The van der Waals surface area contributed by atoms with Crippen LogP contribution in [0.3, 0.4) is 0 Å². The van der Waals surface area contributed by atoms with Crippen LogP contribution < -0.4 is 4.74 Å². The van der Waals surface area contributed by atoms with E-state index in [1.54, 1.807) is 73.8 Å². The Morgan fingerprint density at radius 3 is 2.15 bits per heavy atom. The monoisotopic (exact) mass is 575 g/mol. The maximum absolute atomic E-state index is 14.0. The van der Waals surface area contributed by atoms with Gasteiger partial charge in [0.15, 0.2) is 9.84 Å². The van der Waals surface area contributed by atoms with Gasteiger partial charge >= 0.3 is 5.97 Å². The number of sulfone groups is 1. The number of benzene rings is 4. The number of halogens is 1. The van der Waals surface area contributed by atoms with Crippen LogP contribution in [0, 0.1) is 0 Å². The lowest BCUT2D eigenvalue weighted by Crippen LogP contribution is -2.42. The first-order valence-electron chi connectivity index (χ1n) is 12.6. The van der Waals surface area contributed by atoms with E-state index in [-0.39, 0.29) is 21.9 Å². The lowest BCUT2D eigenvalue weighted by atomic mass is 10.0. The van der Waals surface area contributed by atoms with E-state index in [1.165, 1.54) is 12.1 Å². The second-order valence-corrected chi connectivity index (χ2v) is 12.0. The van der Waals surface area contributed by atoms with Crippen molar-refractivity contribution in [2.45, 2.75) is 28.6 Å². The number of hydrogen-bond donors (Lipinski definition) is 1. The molecule has 1 heterocycles. The molecule has 1 aliphatic heterocycles. The number of methoxy groups -OCH3 is 1. The molecule has 1 N–H and O–H groups in total. The van der Waals surface area contributed by atoms with Crippen molar-refractivity contribution in [1.82, 2.24) is 4.90 Å². The molecule has 0 aliphatic carbocycles. The highest BCUT2D eigenvalue weighted by molar-refractivity contribution is 7.92. The Kier molecular flexibility index (Phi) is 7.65. The molecule has 0 bridgehead atoms. The molecule has 1 aliphatic rings. The average Bonchev–Trinajstić information content (AvgIpc) is 3.39. The number of carbonyl (C=O) groups excluding carboxylic acids is 1. The number of para-hydroxylation sites is 1. The molecule has 204 valence electrons. The van der Waals surface area contributed by atoms with Gasteiger partial charge in [0.05, 0.1) is 23.3 Å². The number of amides is 1. The summed E-state index contributed by atoms with van der Waals surface area (Å²) in [6, 6.07) is 26.1. The van der Waals surface area contributed by atoms with Crippen molar-refractivity contribution in [1.29, 1.82) is 0 Å². The van der Waals surface area contributed by atoms with Crippen LogP contribution in [0.1, 0.15) is 28.4 Å². The molecule has 0 aromatic heterocycles. The van der Waals surface area contributed by atoms with Crippen LogP contribution in [0.5, 0.6) is 5.75 Å². The summed E-state index contributed by atoms with van der Waals surface area (Å²) in [7, 11) is -2.47. The van der Waals surface area contributed by atoms with Gasteiger partial charge in [0.1, 0.15) is 11.8 Å². The first-order valence-corrected chi connectivity index (χ1v) is 14.5. The van der Waals surface area contributed by atoms with Gasteiger partial charge in [-0.2, -0.15) is 0 Å². The quantitative estimate of drug-likeness (QED) is 0.294. The molecular weight excluding hydrogens is 550 g/mol. The van der Waals surface area contributed by atoms with Crippen LogP contribution >= 0.6 is 11.6 Å². The van der Waals surface area contributed by atoms with Crippen molar-refractivity contribution in [2.24, 2.45) is 0 Å². The van der Waals surface area contributed by atoms with Crippen molar-refractivity contribution in [2.75, 3.05) is 7.11 Å². The Labute approximate surface area is 237 Å². The summed E-state index contributed by atoms with van der Waals surface area (Å²) < 4.78 is 33.2. The summed E-state index contributed by atoms with van der Waals surface area (Å²) in [5.41, 5.74) is 2.23. The smallest absolute Gasteiger partial charge is 0.326 e. The van der Waals surface area contributed by atoms with E-state index in [4.69, 9.17) is 16.3 Å². The second-order valence-electron chi connectivity index (χ2n) is 9.44. The standard InChI is InChI=1S/C31H26ClNO6S/c1-39-27-14-8-6-11-23(27)20-15-17-21(18-16-20)30(34)33-26(31(35)36)19-28(29(33)24-12-5-7-13-25(24)32)40(37,38)22-9-3-2-4-10-22/h2-18,26,28-29H,19H2,1H3,(H,35,36)/t26-,28-,29-/m0/s1. The maximum atomic E-state index is 14.0. The molecule has 4 aromatic carbocycles. The predicted octanol–water partition coefficient (Wildman–Crippen LogP) is 5.90. The summed E-state index contributed by atoms with van der Waals surface area (Å²) in [4.78, 5) is 27.7. The van der Waals surface area contributed by atoms with Gasteiger partial charge in [-0.05, 0) is 53.9 Å². The van der Waals surface area contributed by atoms with E-state index in [2.05, 4.69) is 0 Å². The van der Waals surface area contributed by atoms with Crippen LogP contribution in [0.4, 0.5) is 0 Å². The zero-order valence-corrected chi connectivity index (χ0v) is 23.0. The predicted molar refractivity (Wildman–Crippen MR) is 152 cm³/mol. The molecule has 1 amide bonds. The Bertz CT molecular complexity index is 1660. The van der Waals surface area contributed by atoms with Gasteiger partial charge < -0.3 is 14.7 Å². The number of carboxylic acids is 1. The van der Waals surface area contributed by atoms with Crippen molar-refractivity contribution in [3.63, 3.8) is 0 Å². The Morgan fingerprint density at radius 2 is 1.50 bits per heavy atom. The van der Waals surface area contributed by atoms with E-state index in [0.29, 0.717) is 11.3 Å². The third-order valence-corrected chi connectivity index (χ3v) is 9.73. The van der Waals surface area contributed by atoms with Crippen molar-refractivity contribution < 1.29 is 27.9 Å². The third kappa shape index (κ3) is 4.96. The molecule has 9 heteroatoms. The van der Waals surface area contributed by atoms with E-state index >= 15 is 0 Å². The Balaban J connectivity index is 1.60. The zero-order valence-electron chi connectivity index (χ0n) is 21.5. The van der Waals surface area contributed by atoms with Gasteiger partial charge in [0.25, 0.3) is 5.91 Å². The van der Waals surface area contributed by atoms with Crippen molar-refractivity contribution >= 4 is 33.3 Å². The fraction of sp³-hybridized carbons (Fsp3) is 0.161. The van der Waals surface area contributed by atoms with Crippen LogP contribution in [0.25, 0.3) is 11.1 Å². The van der Waals surface area contributed by atoms with Gasteiger partial charge in [-0.15, -0.1) is 0 Å². The van der Waals surface area contributed by atoms with Gasteiger partial charge in [-0.25, -0.2) is 13.2 Å². The highest BCUT2D eigenvalue weighted by atomic mass is 35.5. The minimum atomic E-state index is -4.05. The van der Waals surface area contributed by atoms with Crippen LogP contribution in [0.15, 0.2) is 108 Å². The summed E-state index contributed by atoms with van der Waals surface area (Å²) in [5.74, 6) is -1.23. The molecule has 0 spiro atoms. The molecule has 4 aromatic rings. The summed E-state index contributed by atoms with van der Waals surface area (Å²) in [5, 5.41) is 9.20. The normalized spacial score (nSPS) is 18.9. The molecule has 1 saturated heterocycles. The van der Waals surface area contributed by atoms with Crippen LogP contribution in [-0.2, 0) is 14.6 Å². The number of rotatable bonds is 7. The van der Waals surface area contributed by atoms with E-state index in [9.17, 15) is 23.1 Å². The molecular formula is C31H26ClNO6S. The summed E-state index contributed by atoms with van der Waals surface area (Å²) in [6.45, 7) is 0. The topological polar surface area (TPSA) is 101 Å². The first kappa shape index (κ1) is 27.4. The highest BCUT2D eigenvalue weighted by Gasteiger charge is 2.53. The second kappa shape index (κ2) is 11.2. The lowest BCUT2D eigenvalue weighted by molar-refractivity contribution is -0.141. The molecule has 7 nitrogen and oxygen atoms in total. The number of nitrogens with zero attached hydrogens (tertiary/aromatic N) is 1. The van der Waals surface area contributed by atoms with Crippen molar-refractivity contribution in [3.05, 3.63) is 119 Å². The maximum Gasteiger partial charge on any atom is 0.326 e. The number of carboxylic acid groups (broad SMARTS) is 1. The largest absolute Gasteiger partial charge is 0.496 e. The molecule has 0 radical (unpaired) electrons. The molecule has 1 fully saturated rings. The SMILES string of the molecule is COc1ccccc1-c1ccc(C(=O)N2[C@H](C(=O)O)C[C@H](S(=O)(=O)c3ccccc3)[C@@H]2c2ccccc2Cl)cc1. The highest BCUT2D eigenvalue weighted by Crippen LogP contribution is 2.45. The van der Waals surface area contributed by atoms with Gasteiger partial charge in [0.2, 0.25) is 0 Å². The first-order chi connectivity index (χ1) is 19.2. The van der Waals surface area contributed by atoms with Crippen molar-refractivity contribution in [3.8, 4) is 16.9 Å². The molecule has 0 unspecified atom stereocenters. The van der Waals surface area contributed by atoms with Gasteiger partial charge in [0, 0.05) is 16.1 Å². The minimum absolute atomic E-state index is 0.0525. The summed E-state index contributed by atoms with van der Waals surface area (Å²) >= 11 is 6.53. The number of aliphatic carboxylic acids is 1. The van der Waals surface area contributed by atoms with E-state index in [1.807, 2.05) is 24.3 Å². The van der Waals surface area contributed by atoms with Crippen LogP contribution in [0.2, 0.25) is 5.02 Å². The number of likely N-dealkylation sites (tertiary alicyclic amines) is 1. The Hall–Kier alpha value is -4.14. The van der Waals surface area contributed by atoms with E-state index < -0.39 is 39.0 Å². The lowest BCUT2D eigenvalue weighted by Gasteiger charge is -2.31. The molecule has 3 atom stereocenters. The fourth-order valence-corrected chi connectivity index (χ4v) is 7.48. The average molecular weight is 576 g/mol. The minimum Gasteiger partial charge on any atom is -0.496 e. The zero-order chi connectivity index (χ0) is 28.4. The van der Waals surface area contributed by atoms with Crippen LogP contribution in [-0.4, -0.2) is 48.7 Å². The Morgan fingerprint density at radius 1 is 0.875 bits per heavy atom. The third-order valence-electron chi connectivity index (χ3n) is 7.21. The van der Waals surface area contributed by atoms with Gasteiger partial charge in [-0.1, -0.05) is 78.3 Å². The van der Waals surface area contributed by atoms with Gasteiger partial charge in [-0.3, -0.25) is 4.79 Å². The fourth-order valence-electron chi connectivity index (χ4n) is 5.29. The number of hydrogen-bond acceptors (Lipinski definition) is 5. The molecule has 5 rings (SSSR count).